The molecular weight excluding hydrogens is 829 g/mol. The molecule has 4 aromatic rings. The summed E-state index contributed by atoms with van der Waals surface area (Å²) in [5, 5.41) is 4.85. The number of benzene rings is 2. The number of rotatable bonds is 8. The number of esters is 1. The number of pyridine rings is 1. The summed E-state index contributed by atoms with van der Waals surface area (Å²) in [5.74, 6) is -4.76. The highest BCUT2D eigenvalue weighted by Gasteiger charge is 2.59. The summed E-state index contributed by atoms with van der Waals surface area (Å²) in [6.45, 7) is 10.3. The molecule has 3 aliphatic heterocycles. The van der Waals surface area contributed by atoms with Crippen LogP contribution in [0.2, 0.25) is 0 Å². The van der Waals surface area contributed by atoms with E-state index in [0.717, 1.165) is 64.9 Å². The molecule has 1 saturated carbocycles. The number of hydrazine groups is 1. The number of cyclic esters (lactones) is 1. The van der Waals surface area contributed by atoms with Crippen LogP contribution in [0.5, 0.6) is 0 Å². The Kier molecular flexibility index (Phi) is 13.0. The van der Waals surface area contributed by atoms with Crippen LogP contribution in [-0.2, 0) is 49.9 Å². The lowest BCUT2D eigenvalue weighted by atomic mass is 9.83. The van der Waals surface area contributed by atoms with E-state index in [0.29, 0.717) is 48.4 Å². The van der Waals surface area contributed by atoms with E-state index in [4.69, 9.17) is 14.5 Å². The molecule has 11 nitrogen and oxygen atoms in total. The number of piperidine rings is 1. The van der Waals surface area contributed by atoms with Crippen molar-refractivity contribution in [3.63, 3.8) is 0 Å². The summed E-state index contributed by atoms with van der Waals surface area (Å²) < 4.78 is 69.8. The Morgan fingerprint density at radius 1 is 1.06 bits per heavy atom. The fourth-order valence-corrected chi connectivity index (χ4v) is 9.99. The van der Waals surface area contributed by atoms with Gasteiger partial charge in [0.15, 0.2) is 0 Å². The van der Waals surface area contributed by atoms with Crippen LogP contribution in [0.1, 0.15) is 99.8 Å². The number of nitrogens with one attached hydrogen (secondary N) is 2. The number of likely N-dealkylation sites (tertiary alicyclic amines) is 1. The van der Waals surface area contributed by atoms with Crippen LogP contribution < -0.4 is 10.7 Å². The third-order valence-electron chi connectivity index (χ3n) is 13.7. The molecule has 4 aliphatic rings. The van der Waals surface area contributed by atoms with Crippen molar-refractivity contribution in [3.8, 4) is 22.4 Å². The Bertz CT molecular complexity index is 2410. The number of ether oxygens (including phenoxy) is 2. The fraction of sp³-hybridized carbons (Fsp3) is 0.551. The first-order valence-corrected chi connectivity index (χ1v) is 22.7. The van der Waals surface area contributed by atoms with Crippen molar-refractivity contribution >= 4 is 28.7 Å². The second-order valence-corrected chi connectivity index (χ2v) is 19.2. The van der Waals surface area contributed by atoms with Gasteiger partial charge < -0.3 is 24.3 Å². The maximum Gasteiger partial charge on any atom is 0.392 e. The van der Waals surface area contributed by atoms with Crippen LogP contribution in [0.4, 0.5) is 17.6 Å². The number of alkyl halides is 4. The molecule has 1 aliphatic carbocycles. The van der Waals surface area contributed by atoms with E-state index in [1.807, 2.05) is 25.3 Å². The minimum atomic E-state index is -4.54. The first-order valence-electron chi connectivity index (χ1n) is 22.7. The average molecular weight is 889 g/mol. The standard InChI is InChI=1S/C49H60F4N6O5/c1-7-58-42-11-10-32-21-35(42)38(44(58)37-22-34(26-54-43(37)28(2)63-6)31-12-15-57(5)16-13-31)24-48(3,4)27-64-47(62)40-9-8-14-59(56-40)46(61)41(20-29-17-30(25-50)19-33(32)18-29)55-45(60)36-23-39(36)49(51,52)53/h10-11,17-19,21-22,26,28,31,36,39-41,56H,7-9,12-16,20,23-25,27H2,1-6H3,(H,55,60)/t28-,36-,39-,40-,41-/m0/s1. The highest BCUT2D eigenvalue weighted by molar-refractivity contribution is 5.96. The molecule has 2 aromatic heterocycles. The van der Waals surface area contributed by atoms with E-state index < -0.39 is 60.0 Å². The summed E-state index contributed by atoms with van der Waals surface area (Å²) in [4.78, 5) is 48.9. The Morgan fingerprint density at radius 3 is 2.52 bits per heavy atom. The third kappa shape index (κ3) is 9.44. The number of amides is 2. The molecule has 5 heterocycles. The van der Waals surface area contributed by atoms with E-state index in [-0.39, 0.29) is 32.1 Å². The molecule has 15 heteroatoms. The van der Waals surface area contributed by atoms with Crippen LogP contribution in [0.25, 0.3) is 33.3 Å². The molecule has 6 bridgehead atoms. The van der Waals surface area contributed by atoms with Crippen molar-refractivity contribution in [3.05, 3.63) is 76.6 Å². The number of hydrogen-bond acceptors (Lipinski definition) is 8. The number of carbonyl (C=O) groups excluding carboxylic acids is 3. The van der Waals surface area contributed by atoms with E-state index in [1.165, 1.54) is 10.6 Å². The van der Waals surface area contributed by atoms with Gasteiger partial charge >= 0.3 is 12.1 Å². The quantitative estimate of drug-likeness (QED) is 0.134. The number of methoxy groups -OCH3 is 1. The lowest BCUT2D eigenvalue weighted by Crippen LogP contribution is -2.60. The maximum absolute atomic E-state index is 14.8. The first-order chi connectivity index (χ1) is 30.5. The normalized spacial score (nSPS) is 24.0. The van der Waals surface area contributed by atoms with Crippen molar-refractivity contribution in [2.75, 3.05) is 40.4 Å². The first kappa shape index (κ1) is 45.7. The van der Waals surface area contributed by atoms with E-state index >= 15 is 0 Å². The topological polar surface area (TPSA) is 118 Å². The third-order valence-corrected chi connectivity index (χ3v) is 13.7. The molecule has 2 aromatic carbocycles. The zero-order valence-corrected chi connectivity index (χ0v) is 37.6. The highest BCUT2D eigenvalue weighted by atomic mass is 19.4. The molecule has 0 spiro atoms. The van der Waals surface area contributed by atoms with Crippen molar-refractivity contribution in [1.29, 1.82) is 0 Å². The number of carbonyl (C=O) groups is 3. The number of fused-ring (bicyclic) bond motifs is 6. The Morgan fingerprint density at radius 2 is 1.83 bits per heavy atom. The summed E-state index contributed by atoms with van der Waals surface area (Å²) in [7, 11) is 3.83. The lowest BCUT2D eigenvalue weighted by Gasteiger charge is -2.35. The number of hydrogen-bond donors (Lipinski definition) is 2. The second kappa shape index (κ2) is 18.2. The number of halogens is 4. The zero-order chi connectivity index (χ0) is 45.7. The van der Waals surface area contributed by atoms with Gasteiger partial charge in [0, 0.05) is 54.7 Å². The largest absolute Gasteiger partial charge is 0.464 e. The number of aryl methyl sites for hydroxylation is 1. The molecular formula is C49H60F4N6O5. The number of nitrogens with zero attached hydrogens (tertiary/aromatic N) is 4. The minimum Gasteiger partial charge on any atom is -0.464 e. The Labute approximate surface area is 372 Å². The van der Waals surface area contributed by atoms with Crippen LogP contribution in [0.3, 0.4) is 0 Å². The predicted molar refractivity (Wildman–Crippen MR) is 236 cm³/mol. The van der Waals surface area contributed by atoms with Gasteiger partial charge in [0.25, 0.3) is 5.91 Å². The van der Waals surface area contributed by atoms with Gasteiger partial charge in [-0.1, -0.05) is 32.0 Å². The molecule has 0 unspecified atom stereocenters. The summed E-state index contributed by atoms with van der Waals surface area (Å²) in [6.07, 6.45) is 0.0490. The maximum atomic E-state index is 14.8. The van der Waals surface area contributed by atoms with Crippen molar-refractivity contribution in [1.82, 2.24) is 30.2 Å². The number of aromatic nitrogens is 2. The average Bonchev–Trinajstić information content (AvgIpc) is 4.06. The lowest BCUT2D eigenvalue weighted by molar-refractivity contribution is -0.156. The molecule has 8 rings (SSSR count). The molecule has 64 heavy (non-hydrogen) atoms. The van der Waals surface area contributed by atoms with Crippen LogP contribution in [0, 0.1) is 17.3 Å². The molecule has 0 radical (unpaired) electrons. The van der Waals surface area contributed by atoms with Gasteiger partial charge in [0.05, 0.1) is 35.9 Å². The monoisotopic (exact) mass is 888 g/mol. The fourth-order valence-electron chi connectivity index (χ4n) is 9.99. The SMILES string of the molecule is CCn1c(-c2cc(C3CCN(C)CC3)cnc2[C@H](C)OC)c2c3cc(ccc31)-c1cc(CF)cc(c1)C[C@H](NC(=O)[C@H]1C[C@@H]1C(F)(F)F)C(=O)N1CCC[C@H](N1)C(=O)OCC(C)(C)C2. The summed E-state index contributed by atoms with van der Waals surface area (Å²) >= 11 is 0. The predicted octanol–water partition coefficient (Wildman–Crippen LogP) is 8.22. The molecule has 2 amide bonds. The highest BCUT2D eigenvalue weighted by Crippen LogP contribution is 2.50. The van der Waals surface area contributed by atoms with Crippen molar-refractivity contribution < 1.29 is 41.4 Å². The minimum absolute atomic E-state index is 0.0629. The van der Waals surface area contributed by atoms with Gasteiger partial charge in [0.2, 0.25) is 5.91 Å². The molecule has 3 fully saturated rings. The van der Waals surface area contributed by atoms with Gasteiger partial charge in [0.1, 0.15) is 18.8 Å². The summed E-state index contributed by atoms with van der Waals surface area (Å²) in [5.41, 5.74) is 10.8. The molecule has 5 atom stereocenters. The van der Waals surface area contributed by atoms with Crippen LogP contribution in [-0.4, -0.2) is 95.9 Å². The van der Waals surface area contributed by atoms with Gasteiger partial charge in [-0.2, -0.15) is 13.2 Å². The van der Waals surface area contributed by atoms with Crippen LogP contribution in [0.15, 0.2) is 48.7 Å². The van der Waals surface area contributed by atoms with Crippen molar-refractivity contribution in [2.24, 2.45) is 17.3 Å². The molecule has 344 valence electrons. The van der Waals surface area contributed by atoms with Gasteiger partial charge in [-0.25, -0.2) is 9.82 Å². The zero-order valence-electron chi connectivity index (χ0n) is 37.6. The Hall–Kier alpha value is -4.86. The van der Waals surface area contributed by atoms with Crippen LogP contribution >= 0.6 is 0 Å². The van der Waals surface area contributed by atoms with E-state index in [9.17, 15) is 31.9 Å². The van der Waals surface area contributed by atoms with E-state index in [2.05, 4.69) is 66.2 Å². The second-order valence-electron chi connectivity index (χ2n) is 19.2. The van der Waals surface area contributed by atoms with Gasteiger partial charge in [-0.3, -0.25) is 24.4 Å². The molecule has 2 N–H and O–H groups in total. The molecule has 2 saturated heterocycles. The smallest absolute Gasteiger partial charge is 0.392 e. The van der Waals surface area contributed by atoms with Gasteiger partial charge in [-0.05, 0) is 136 Å². The van der Waals surface area contributed by atoms with Crippen molar-refractivity contribution in [2.45, 2.75) is 116 Å². The summed E-state index contributed by atoms with van der Waals surface area (Å²) in [6, 6.07) is 11.5. The van der Waals surface area contributed by atoms with Gasteiger partial charge in [-0.15, -0.1) is 0 Å². The van der Waals surface area contributed by atoms with E-state index in [1.54, 1.807) is 19.2 Å². The Balaban J connectivity index is 1.29.